The highest BCUT2D eigenvalue weighted by molar-refractivity contribution is 7.90. The Kier molecular flexibility index (Phi) is 13.8. The normalized spacial score (nSPS) is 14.0. The first-order valence-corrected chi connectivity index (χ1v) is 18.2. The molecule has 0 saturated carbocycles. The predicted molar refractivity (Wildman–Crippen MR) is 191 cm³/mol. The number of sulfonamides is 1. The van der Waals surface area contributed by atoms with Gasteiger partial charge in [-0.15, -0.1) is 11.3 Å². The molecular formula is C33H45ClN6O7S2. The van der Waals surface area contributed by atoms with Crippen molar-refractivity contribution in [2.45, 2.75) is 89.5 Å². The molecule has 1 unspecified atom stereocenters. The summed E-state index contributed by atoms with van der Waals surface area (Å²) >= 11 is 7.38. The van der Waals surface area contributed by atoms with Gasteiger partial charge in [-0.2, -0.15) is 0 Å². The highest BCUT2D eigenvalue weighted by Gasteiger charge is 2.30. The standard InChI is InChI=1S/C33H45ClN6O7S2/c1-19-16-26(46-7)20(2)21(3)28(19)49(44,45)40-31(35)37-13-9-12-24(27(41)30-36-14-15-48-30)38-29(42)25(39-32(43)47-33(4,5)6)18-22-10-8-11-23(34)17-22/h8,10-11,14-17,24-25,27,41H,9,12-13,18H2,1-7H3,(H,38,42)(H,39,43)(H3,35,37,40)/t24-,25-,27?/m0/s1. The monoisotopic (exact) mass is 736 g/mol. The van der Waals surface area contributed by atoms with Crippen molar-refractivity contribution in [3.05, 3.63) is 74.2 Å². The van der Waals surface area contributed by atoms with E-state index < -0.39 is 45.8 Å². The summed E-state index contributed by atoms with van der Waals surface area (Å²) < 4.78 is 39.5. The number of benzene rings is 2. The summed E-state index contributed by atoms with van der Waals surface area (Å²) in [7, 11) is -2.54. The van der Waals surface area contributed by atoms with Crippen molar-refractivity contribution < 1.29 is 32.6 Å². The fraction of sp³-hybridized carbons (Fsp3) is 0.455. The number of aliphatic imine (C=N–C) groups is 1. The Morgan fingerprint density at radius 3 is 2.47 bits per heavy atom. The fourth-order valence-corrected chi connectivity index (χ4v) is 7.46. The molecule has 0 aliphatic carbocycles. The van der Waals surface area contributed by atoms with E-state index >= 15 is 0 Å². The summed E-state index contributed by atoms with van der Waals surface area (Å²) in [5.41, 5.74) is 7.59. The van der Waals surface area contributed by atoms with E-state index in [-0.39, 0.29) is 30.2 Å². The van der Waals surface area contributed by atoms with E-state index in [1.807, 2.05) is 0 Å². The molecule has 2 aromatic carbocycles. The Hall–Kier alpha value is -3.92. The molecular weight excluding hydrogens is 692 g/mol. The Labute approximate surface area is 296 Å². The van der Waals surface area contributed by atoms with Crippen LogP contribution in [0.5, 0.6) is 5.75 Å². The number of halogens is 1. The Morgan fingerprint density at radius 1 is 1.14 bits per heavy atom. The highest BCUT2D eigenvalue weighted by Crippen LogP contribution is 2.30. The molecule has 0 aliphatic heterocycles. The van der Waals surface area contributed by atoms with E-state index in [0.29, 0.717) is 44.5 Å². The molecule has 2 amide bonds. The second-order valence-electron chi connectivity index (χ2n) is 12.5. The SMILES string of the molecule is COc1cc(C)c(S(=O)(=O)NC(N)=NCCC[C@H](NC(=O)[C@H](Cc2cccc(Cl)c2)NC(=O)OC(C)(C)C)C(O)c2nccs2)c(C)c1C. The third-order valence-corrected chi connectivity index (χ3v) is 10.1. The zero-order valence-electron chi connectivity index (χ0n) is 28.7. The topological polar surface area (TPSA) is 194 Å². The number of rotatable bonds is 14. The molecule has 3 rings (SSSR count). The van der Waals surface area contributed by atoms with Crippen molar-refractivity contribution >= 4 is 50.9 Å². The summed E-state index contributed by atoms with van der Waals surface area (Å²) in [5, 5.41) is 19.2. The van der Waals surface area contributed by atoms with Crippen LogP contribution < -0.4 is 25.8 Å². The number of carbonyl (C=O) groups excluding carboxylic acids is 2. The van der Waals surface area contributed by atoms with Crippen molar-refractivity contribution in [3.8, 4) is 5.75 Å². The molecule has 1 heterocycles. The average molecular weight is 737 g/mol. The molecule has 0 bridgehead atoms. The van der Waals surface area contributed by atoms with E-state index in [1.165, 1.54) is 18.4 Å². The molecule has 268 valence electrons. The number of amides is 2. The van der Waals surface area contributed by atoms with Gasteiger partial charge in [0.2, 0.25) is 11.9 Å². The minimum absolute atomic E-state index is 0.0764. The maximum Gasteiger partial charge on any atom is 0.408 e. The number of guanidine groups is 1. The molecule has 0 saturated heterocycles. The lowest BCUT2D eigenvalue weighted by Crippen LogP contribution is -2.52. The maximum atomic E-state index is 13.7. The lowest BCUT2D eigenvalue weighted by Gasteiger charge is -2.27. The highest BCUT2D eigenvalue weighted by atomic mass is 35.5. The lowest BCUT2D eigenvalue weighted by atomic mass is 10.0. The smallest absolute Gasteiger partial charge is 0.408 e. The fourth-order valence-electron chi connectivity index (χ4n) is 5.08. The van der Waals surface area contributed by atoms with Crippen LogP contribution in [-0.2, 0) is 26.0 Å². The number of alkyl carbamates (subject to hydrolysis) is 1. The molecule has 0 aliphatic rings. The van der Waals surface area contributed by atoms with Gasteiger partial charge in [-0.05, 0) is 94.8 Å². The minimum Gasteiger partial charge on any atom is -0.496 e. The quantitative estimate of drug-likeness (QED) is 0.0903. The second kappa shape index (κ2) is 17.1. The number of methoxy groups -OCH3 is 1. The van der Waals surface area contributed by atoms with Crippen molar-refractivity contribution in [1.82, 2.24) is 20.3 Å². The zero-order valence-corrected chi connectivity index (χ0v) is 31.1. The van der Waals surface area contributed by atoms with Crippen LogP contribution >= 0.6 is 22.9 Å². The predicted octanol–water partition coefficient (Wildman–Crippen LogP) is 4.46. The molecule has 3 atom stereocenters. The maximum absolute atomic E-state index is 13.7. The zero-order chi connectivity index (χ0) is 36.5. The van der Waals surface area contributed by atoms with Gasteiger partial charge in [0.05, 0.1) is 18.0 Å². The van der Waals surface area contributed by atoms with Crippen LogP contribution in [0.4, 0.5) is 4.79 Å². The molecule has 49 heavy (non-hydrogen) atoms. The Balaban J connectivity index is 1.76. The lowest BCUT2D eigenvalue weighted by molar-refractivity contribution is -0.124. The summed E-state index contributed by atoms with van der Waals surface area (Å²) in [6.07, 6.45) is 0.185. The molecule has 16 heteroatoms. The van der Waals surface area contributed by atoms with Crippen molar-refractivity contribution in [3.63, 3.8) is 0 Å². The van der Waals surface area contributed by atoms with Gasteiger partial charge < -0.3 is 30.9 Å². The van der Waals surface area contributed by atoms with Gasteiger partial charge in [0.1, 0.15) is 28.5 Å². The van der Waals surface area contributed by atoms with Gasteiger partial charge in [0.15, 0.2) is 0 Å². The Bertz CT molecular complexity index is 1740. The summed E-state index contributed by atoms with van der Waals surface area (Å²) in [6, 6.07) is 6.63. The van der Waals surface area contributed by atoms with E-state index in [4.69, 9.17) is 26.8 Å². The number of hydrogen-bond donors (Lipinski definition) is 5. The van der Waals surface area contributed by atoms with E-state index in [0.717, 1.165) is 0 Å². The third-order valence-electron chi connectivity index (χ3n) is 7.41. The van der Waals surface area contributed by atoms with Crippen LogP contribution in [0.25, 0.3) is 0 Å². The third kappa shape index (κ3) is 11.6. The van der Waals surface area contributed by atoms with Gasteiger partial charge >= 0.3 is 6.09 Å². The number of hydrogen-bond acceptors (Lipinski definition) is 10. The molecule has 0 spiro atoms. The summed E-state index contributed by atoms with van der Waals surface area (Å²) in [4.78, 5) is 34.9. The van der Waals surface area contributed by atoms with Crippen LogP contribution in [0.2, 0.25) is 5.02 Å². The second-order valence-corrected chi connectivity index (χ2v) is 15.4. The first kappa shape index (κ1) is 39.5. The number of ether oxygens (including phenoxy) is 2. The van der Waals surface area contributed by atoms with Gasteiger partial charge in [0.25, 0.3) is 10.0 Å². The van der Waals surface area contributed by atoms with Gasteiger partial charge in [0, 0.05) is 29.6 Å². The van der Waals surface area contributed by atoms with Gasteiger partial charge in [-0.25, -0.2) is 22.9 Å². The largest absolute Gasteiger partial charge is 0.496 e. The average Bonchev–Trinajstić information content (AvgIpc) is 3.53. The number of nitrogens with one attached hydrogen (secondary N) is 3. The van der Waals surface area contributed by atoms with E-state index in [9.17, 15) is 23.1 Å². The minimum atomic E-state index is -4.06. The number of aliphatic hydroxyl groups excluding tert-OH is 1. The first-order chi connectivity index (χ1) is 22.9. The van der Waals surface area contributed by atoms with Crippen molar-refractivity contribution in [2.24, 2.45) is 10.7 Å². The molecule has 0 radical (unpaired) electrons. The molecule has 6 N–H and O–H groups in total. The van der Waals surface area contributed by atoms with Crippen LogP contribution in [0.3, 0.4) is 0 Å². The molecule has 13 nitrogen and oxygen atoms in total. The van der Waals surface area contributed by atoms with Crippen molar-refractivity contribution in [1.29, 1.82) is 0 Å². The van der Waals surface area contributed by atoms with E-state index in [2.05, 4.69) is 25.3 Å². The number of aryl methyl sites for hydroxylation is 1. The van der Waals surface area contributed by atoms with Gasteiger partial charge in [-0.3, -0.25) is 9.79 Å². The number of aliphatic hydroxyl groups is 1. The van der Waals surface area contributed by atoms with Gasteiger partial charge in [-0.1, -0.05) is 23.7 Å². The number of nitrogens with two attached hydrogens (primary N) is 1. The molecule has 3 aromatic rings. The number of nitrogens with zero attached hydrogens (tertiary/aromatic N) is 2. The molecule has 0 fully saturated rings. The summed E-state index contributed by atoms with van der Waals surface area (Å²) in [5.74, 6) is -0.298. The van der Waals surface area contributed by atoms with Crippen LogP contribution in [-0.4, -0.2) is 67.8 Å². The number of carbonyl (C=O) groups is 2. The molecule has 1 aromatic heterocycles. The Morgan fingerprint density at radius 2 is 1.86 bits per heavy atom. The number of thiazole rings is 1. The van der Waals surface area contributed by atoms with Crippen LogP contribution in [0.15, 0.2) is 51.8 Å². The first-order valence-electron chi connectivity index (χ1n) is 15.5. The van der Waals surface area contributed by atoms with Crippen LogP contribution in [0.1, 0.15) is 67.0 Å². The number of aromatic nitrogens is 1. The van der Waals surface area contributed by atoms with Crippen LogP contribution in [0, 0.1) is 20.8 Å². The van der Waals surface area contributed by atoms with E-state index in [1.54, 1.807) is 83.5 Å². The summed E-state index contributed by atoms with van der Waals surface area (Å²) in [6.45, 7) is 10.3. The van der Waals surface area contributed by atoms with Crippen molar-refractivity contribution in [2.75, 3.05) is 13.7 Å².